The molecule has 0 aliphatic rings. The van der Waals surface area contributed by atoms with Gasteiger partial charge < -0.3 is 5.32 Å². The van der Waals surface area contributed by atoms with Crippen LogP contribution >= 0.6 is 11.8 Å². The number of rotatable bonds is 4. The van der Waals surface area contributed by atoms with Gasteiger partial charge in [-0.2, -0.15) is 0 Å². The lowest BCUT2D eigenvalue weighted by atomic mass is 10.1. The molecular weight excluding hydrogens is 278 g/mol. The van der Waals surface area contributed by atoms with Crippen molar-refractivity contribution in [1.82, 2.24) is 0 Å². The van der Waals surface area contributed by atoms with Crippen molar-refractivity contribution in [3.05, 3.63) is 59.2 Å². The molecule has 0 aromatic heterocycles. The molecule has 0 saturated carbocycles. The summed E-state index contributed by atoms with van der Waals surface area (Å²) in [6.45, 7) is 8.06. The van der Waals surface area contributed by atoms with Gasteiger partial charge in [-0.3, -0.25) is 4.79 Å². The van der Waals surface area contributed by atoms with Crippen LogP contribution in [0.1, 0.15) is 23.6 Å². The number of nitrogens with one attached hydrogen (secondary N) is 1. The van der Waals surface area contributed by atoms with Gasteiger partial charge >= 0.3 is 0 Å². The molecule has 2 aromatic rings. The molecule has 110 valence electrons. The fraction of sp³-hybridized carbons (Fsp3) is 0.278. The molecule has 1 atom stereocenters. The molecule has 3 heteroatoms. The summed E-state index contributed by atoms with van der Waals surface area (Å²) in [7, 11) is 0. The van der Waals surface area contributed by atoms with Crippen molar-refractivity contribution in [3.8, 4) is 0 Å². The van der Waals surface area contributed by atoms with Gasteiger partial charge in [-0.15, -0.1) is 11.8 Å². The second-order valence-electron chi connectivity index (χ2n) is 5.44. The first-order chi connectivity index (χ1) is 9.94. The number of carbonyl (C=O) groups excluding carboxylic acids is 1. The number of aryl methyl sites for hydroxylation is 3. The van der Waals surface area contributed by atoms with Gasteiger partial charge in [0.1, 0.15) is 0 Å². The van der Waals surface area contributed by atoms with Crippen molar-refractivity contribution in [2.45, 2.75) is 37.8 Å². The quantitative estimate of drug-likeness (QED) is 0.827. The molecule has 0 spiro atoms. The molecule has 0 aliphatic heterocycles. The van der Waals surface area contributed by atoms with Crippen LogP contribution in [-0.4, -0.2) is 11.2 Å². The Morgan fingerprint density at radius 1 is 0.952 bits per heavy atom. The van der Waals surface area contributed by atoms with E-state index in [1.807, 2.05) is 32.9 Å². The van der Waals surface area contributed by atoms with Crippen LogP contribution in [0.5, 0.6) is 0 Å². The third-order valence-electron chi connectivity index (χ3n) is 3.19. The molecule has 0 saturated heterocycles. The predicted molar refractivity (Wildman–Crippen MR) is 91.0 cm³/mol. The number of thioether (sulfide) groups is 1. The van der Waals surface area contributed by atoms with E-state index in [-0.39, 0.29) is 11.2 Å². The summed E-state index contributed by atoms with van der Waals surface area (Å²) < 4.78 is 0. The van der Waals surface area contributed by atoms with Gasteiger partial charge in [0, 0.05) is 10.6 Å². The van der Waals surface area contributed by atoms with E-state index >= 15 is 0 Å². The van der Waals surface area contributed by atoms with Crippen LogP contribution < -0.4 is 5.32 Å². The molecule has 2 rings (SSSR count). The third-order valence-corrected chi connectivity index (χ3v) is 4.30. The zero-order chi connectivity index (χ0) is 15.4. The zero-order valence-corrected chi connectivity index (χ0v) is 13.8. The SMILES string of the molecule is Cc1ccc(S[C@@H](C)C(=O)Nc2cc(C)cc(C)c2)cc1. The van der Waals surface area contributed by atoms with Gasteiger partial charge in [0.15, 0.2) is 0 Å². The molecular formula is C18H21NOS. The van der Waals surface area contributed by atoms with Crippen LogP contribution in [0.2, 0.25) is 0 Å². The number of carbonyl (C=O) groups is 1. The minimum absolute atomic E-state index is 0.0329. The monoisotopic (exact) mass is 299 g/mol. The molecule has 0 aliphatic carbocycles. The first kappa shape index (κ1) is 15.6. The summed E-state index contributed by atoms with van der Waals surface area (Å²) in [5.41, 5.74) is 4.41. The number of hydrogen-bond donors (Lipinski definition) is 1. The summed E-state index contributed by atoms with van der Waals surface area (Å²) in [5.74, 6) is 0.0329. The Kier molecular flexibility index (Phi) is 5.07. The minimum atomic E-state index is -0.131. The molecule has 2 nitrogen and oxygen atoms in total. The average molecular weight is 299 g/mol. The second kappa shape index (κ2) is 6.81. The van der Waals surface area contributed by atoms with E-state index in [0.717, 1.165) is 21.7 Å². The van der Waals surface area contributed by atoms with E-state index in [1.54, 1.807) is 11.8 Å². The normalized spacial score (nSPS) is 12.0. The van der Waals surface area contributed by atoms with Crippen LogP contribution in [-0.2, 0) is 4.79 Å². The van der Waals surface area contributed by atoms with Crippen molar-refractivity contribution >= 4 is 23.4 Å². The van der Waals surface area contributed by atoms with Crippen molar-refractivity contribution in [3.63, 3.8) is 0 Å². The first-order valence-corrected chi connectivity index (χ1v) is 7.94. The van der Waals surface area contributed by atoms with Gasteiger partial charge in [-0.05, 0) is 63.1 Å². The number of anilines is 1. The van der Waals surface area contributed by atoms with E-state index in [4.69, 9.17) is 0 Å². The summed E-state index contributed by atoms with van der Waals surface area (Å²) in [6.07, 6.45) is 0. The van der Waals surface area contributed by atoms with Crippen LogP contribution in [0, 0.1) is 20.8 Å². The van der Waals surface area contributed by atoms with E-state index in [0.29, 0.717) is 0 Å². The number of hydrogen-bond acceptors (Lipinski definition) is 2. The molecule has 0 unspecified atom stereocenters. The van der Waals surface area contributed by atoms with Crippen LogP contribution in [0.15, 0.2) is 47.4 Å². The predicted octanol–water partition coefficient (Wildman–Crippen LogP) is 4.73. The standard InChI is InChI=1S/C18H21NOS/c1-12-5-7-17(8-6-12)21-15(4)18(20)19-16-10-13(2)9-14(3)11-16/h5-11,15H,1-4H3,(H,19,20)/t15-/m0/s1. The highest BCUT2D eigenvalue weighted by Gasteiger charge is 2.14. The van der Waals surface area contributed by atoms with Gasteiger partial charge in [0.2, 0.25) is 5.91 Å². The fourth-order valence-corrected chi connectivity index (χ4v) is 3.03. The smallest absolute Gasteiger partial charge is 0.237 e. The Bertz CT molecular complexity index is 614. The molecule has 21 heavy (non-hydrogen) atoms. The summed E-state index contributed by atoms with van der Waals surface area (Å²) >= 11 is 1.58. The lowest BCUT2D eigenvalue weighted by Gasteiger charge is -2.13. The van der Waals surface area contributed by atoms with Crippen LogP contribution in [0.3, 0.4) is 0 Å². The topological polar surface area (TPSA) is 29.1 Å². The van der Waals surface area contributed by atoms with Crippen molar-refractivity contribution < 1.29 is 4.79 Å². The fourth-order valence-electron chi connectivity index (χ4n) is 2.17. The third kappa shape index (κ3) is 4.64. The Morgan fingerprint density at radius 3 is 2.10 bits per heavy atom. The second-order valence-corrected chi connectivity index (χ2v) is 6.85. The molecule has 1 amide bonds. The van der Waals surface area contributed by atoms with Gasteiger partial charge in [-0.1, -0.05) is 23.8 Å². The molecule has 0 heterocycles. The maximum atomic E-state index is 12.3. The van der Waals surface area contributed by atoms with Crippen molar-refractivity contribution in [2.24, 2.45) is 0 Å². The first-order valence-electron chi connectivity index (χ1n) is 7.06. The van der Waals surface area contributed by atoms with Crippen LogP contribution in [0.25, 0.3) is 0 Å². The summed E-state index contributed by atoms with van der Waals surface area (Å²) in [4.78, 5) is 13.4. The van der Waals surface area contributed by atoms with E-state index in [9.17, 15) is 4.79 Å². The van der Waals surface area contributed by atoms with E-state index in [2.05, 4.69) is 42.6 Å². The average Bonchev–Trinajstić information content (AvgIpc) is 2.40. The summed E-state index contributed by atoms with van der Waals surface area (Å²) in [5, 5.41) is 2.86. The Morgan fingerprint density at radius 2 is 1.52 bits per heavy atom. The Hall–Kier alpha value is -1.74. The van der Waals surface area contributed by atoms with Gasteiger partial charge in [-0.25, -0.2) is 0 Å². The summed E-state index contributed by atoms with van der Waals surface area (Å²) in [6, 6.07) is 14.3. The molecule has 0 radical (unpaired) electrons. The zero-order valence-electron chi connectivity index (χ0n) is 12.9. The van der Waals surface area contributed by atoms with Crippen LogP contribution in [0.4, 0.5) is 5.69 Å². The lowest BCUT2D eigenvalue weighted by molar-refractivity contribution is -0.115. The maximum Gasteiger partial charge on any atom is 0.237 e. The van der Waals surface area contributed by atoms with Gasteiger partial charge in [0.25, 0.3) is 0 Å². The number of benzene rings is 2. The number of amides is 1. The lowest BCUT2D eigenvalue weighted by Crippen LogP contribution is -2.22. The van der Waals surface area contributed by atoms with Crippen molar-refractivity contribution in [2.75, 3.05) is 5.32 Å². The Labute approximate surface area is 131 Å². The molecule has 1 N–H and O–H groups in total. The highest BCUT2D eigenvalue weighted by atomic mass is 32.2. The molecule has 0 fully saturated rings. The Balaban J connectivity index is 2.00. The molecule has 0 bridgehead atoms. The molecule has 2 aromatic carbocycles. The van der Waals surface area contributed by atoms with Gasteiger partial charge in [0.05, 0.1) is 5.25 Å². The van der Waals surface area contributed by atoms with E-state index in [1.165, 1.54) is 5.56 Å². The maximum absolute atomic E-state index is 12.3. The minimum Gasteiger partial charge on any atom is -0.325 e. The highest BCUT2D eigenvalue weighted by Crippen LogP contribution is 2.24. The van der Waals surface area contributed by atoms with E-state index < -0.39 is 0 Å². The largest absolute Gasteiger partial charge is 0.325 e. The highest BCUT2D eigenvalue weighted by molar-refractivity contribution is 8.00. The van der Waals surface area contributed by atoms with Crippen molar-refractivity contribution in [1.29, 1.82) is 0 Å².